The number of aryl methyl sites for hydroxylation is 1. The topological polar surface area (TPSA) is 53.1 Å². The SMILES string of the molecule is CCCC(=O)N1CCCN(Cc2ccccc2)CCN(C(=O)Cc2ccc(OC)c(C)c2)Cc2ccc(Cl)cc21. The molecule has 0 atom stereocenters. The lowest BCUT2D eigenvalue weighted by atomic mass is 10.1. The molecule has 0 fully saturated rings. The maximum Gasteiger partial charge on any atom is 0.227 e. The lowest BCUT2D eigenvalue weighted by molar-refractivity contribution is -0.131. The van der Waals surface area contributed by atoms with Gasteiger partial charge in [0.2, 0.25) is 11.8 Å². The van der Waals surface area contributed by atoms with Crippen molar-refractivity contribution < 1.29 is 14.3 Å². The van der Waals surface area contributed by atoms with Gasteiger partial charge in [0.05, 0.1) is 19.2 Å². The lowest BCUT2D eigenvalue weighted by Gasteiger charge is -2.28. The second-order valence-electron chi connectivity index (χ2n) is 10.5. The molecule has 212 valence electrons. The Labute approximate surface area is 243 Å². The Hall–Kier alpha value is -3.35. The molecule has 0 aliphatic carbocycles. The summed E-state index contributed by atoms with van der Waals surface area (Å²) < 4.78 is 5.40. The fourth-order valence-electron chi connectivity index (χ4n) is 5.31. The van der Waals surface area contributed by atoms with Gasteiger partial charge in [-0.1, -0.05) is 67.1 Å². The van der Waals surface area contributed by atoms with Crippen LogP contribution in [0.4, 0.5) is 5.69 Å². The van der Waals surface area contributed by atoms with Crippen LogP contribution in [0.5, 0.6) is 5.75 Å². The van der Waals surface area contributed by atoms with Gasteiger partial charge in [0.1, 0.15) is 5.75 Å². The molecule has 4 rings (SSSR count). The van der Waals surface area contributed by atoms with Gasteiger partial charge in [-0.05, 0) is 60.2 Å². The highest BCUT2D eigenvalue weighted by atomic mass is 35.5. The van der Waals surface area contributed by atoms with E-state index < -0.39 is 0 Å². The predicted octanol–water partition coefficient (Wildman–Crippen LogP) is 6.27. The van der Waals surface area contributed by atoms with Gasteiger partial charge in [0.15, 0.2) is 0 Å². The van der Waals surface area contributed by atoms with Crippen LogP contribution in [0.2, 0.25) is 5.02 Å². The smallest absolute Gasteiger partial charge is 0.227 e. The van der Waals surface area contributed by atoms with E-state index in [1.54, 1.807) is 7.11 Å². The van der Waals surface area contributed by atoms with E-state index in [1.807, 2.05) is 66.1 Å². The highest BCUT2D eigenvalue weighted by molar-refractivity contribution is 6.31. The summed E-state index contributed by atoms with van der Waals surface area (Å²) in [6.45, 7) is 7.98. The van der Waals surface area contributed by atoms with E-state index in [0.717, 1.165) is 60.6 Å². The summed E-state index contributed by atoms with van der Waals surface area (Å²) in [6, 6.07) is 22.0. The number of carbonyl (C=O) groups is 2. The molecule has 0 saturated heterocycles. The minimum Gasteiger partial charge on any atom is -0.496 e. The van der Waals surface area contributed by atoms with E-state index >= 15 is 0 Å². The van der Waals surface area contributed by atoms with Gasteiger partial charge in [-0.2, -0.15) is 0 Å². The van der Waals surface area contributed by atoms with Crippen molar-refractivity contribution in [1.82, 2.24) is 9.80 Å². The Morgan fingerprint density at radius 2 is 1.70 bits per heavy atom. The maximum absolute atomic E-state index is 13.8. The highest BCUT2D eigenvalue weighted by Crippen LogP contribution is 2.29. The lowest BCUT2D eigenvalue weighted by Crippen LogP contribution is -2.39. The minimum atomic E-state index is 0.0517. The molecule has 1 heterocycles. The molecular formula is C33H40ClN3O3. The van der Waals surface area contributed by atoms with E-state index in [9.17, 15) is 9.59 Å². The molecule has 0 N–H and O–H groups in total. The van der Waals surface area contributed by atoms with Crippen LogP contribution in [0.3, 0.4) is 0 Å². The minimum absolute atomic E-state index is 0.0517. The quantitative estimate of drug-likeness (QED) is 0.341. The fraction of sp³-hybridized carbons (Fsp3) is 0.394. The van der Waals surface area contributed by atoms with Gasteiger partial charge < -0.3 is 14.5 Å². The number of methoxy groups -OCH3 is 1. The maximum atomic E-state index is 13.8. The first-order valence-corrected chi connectivity index (χ1v) is 14.5. The predicted molar refractivity (Wildman–Crippen MR) is 162 cm³/mol. The van der Waals surface area contributed by atoms with Gasteiger partial charge in [-0.15, -0.1) is 0 Å². The number of amides is 2. The van der Waals surface area contributed by atoms with Crippen molar-refractivity contribution in [3.8, 4) is 5.75 Å². The summed E-state index contributed by atoms with van der Waals surface area (Å²) in [5.41, 5.74) is 4.93. The number of hydrogen-bond donors (Lipinski definition) is 0. The zero-order valence-electron chi connectivity index (χ0n) is 23.9. The van der Waals surface area contributed by atoms with E-state index in [0.29, 0.717) is 37.5 Å². The third-order valence-corrected chi connectivity index (χ3v) is 7.66. The van der Waals surface area contributed by atoms with Crippen LogP contribution in [0.15, 0.2) is 66.7 Å². The number of carbonyl (C=O) groups excluding carboxylic acids is 2. The van der Waals surface area contributed by atoms with Gasteiger partial charge in [0, 0.05) is 50.7 Å². The molecule has 0 spiro atoms. The van der Waals surface area contributed by atoms with Crippen LogP contribution in [-0.4, -0.2) is 54.9 Å². The zero-order chi connectivity index (χ0) is 28.5. The summed E-state index contributed by atoms with van der Waals surface area (Å²) in [5.74, 6) is 0.952. The van der Waals surface area contributed by atoms with Crippen LogP contribution < -0.4 is 9.64 Å². The van der Waals surface area contributed by atoms with Crippen molar-refractivity contribution in [2.45, 2.75) is 52.6 Å². The largest absolute Gasteiger partial charge is 0.496 e. The molecule has 3 aromatic rings. The number of hydrogen-bond acceptors (Lipinski definition) is 4. The summed E-state index contributed by atoms with van der Waals surface area (Å²) in [6.07, 6.45) is 2.37. The Balaban J connectivity index is 1.65. The number of nitrogens with zero attached hydrogens (tertiary/aromatic N) is 3. The van der Waals surface area contributed by atoms with Crippen molar-refractivity contribution >= 4 is 29.1 Å². The molecule has 0 radical (unpaired) electrons. The summed E-state index contributed by atoms with van der Waals surface area (Å²) in [4.78, 5) is 33.3. The molecule has 6 nitrogen and oxygen atoms in total. The summed E-state index contributed by atoms with van der Waals surface area (Å²) in [5, 5.41) is 0.584. The molecule has 40 heavy (non-hydrogen) atoms. The van der Waals surface area contributed by atoms with Gasteiger partial charge >= 0.3 is 0 Å². The molecule has 0 unspecified atom stereocenters. The van der Waals surface area contributed by atoms with Crippen molar-refractivity contribution in [1.29, 1.82) is 0 Å². The third kappa shape index (κ3) is 7.86. The van der Waals surface area contributed by atoms with Crippen molar-refractivity contribution in [3.63, 3.8) is 0 Å². The van der Waals surface area contributed by atoms with E-state index in [1.165, 1.54) is 5.56 Å². The number of halogens is 1. The Bertz CT molecular complexity index is 1300. The van der Waals surface area contributed by atoms with Crippen LogP contribution in [0.25, 0.3) is 0 Å². The monoisotopic (exact) mass is 561 g/mol. The van der Waals surface area contributed by atoms with Crippen LogP contribution >= 0.6 is 11.6 Å². The second-order valence-corrected chi connectivity index (χ2v) is 10.9. The molecule has 2 amide bonds. The molecule has 0 bridgehead atoms. The van der Waals surface area contributed by atoms with Crippen LogP contribution in [0.1, 0.15) is 48.4 Å². The average Bonchev–Trinajstić information content (AvgIpc) is 2.97. The molecule has 0 aromatic heterocycles. The Morgan fingerprint density at radius 3 is 2.42 bits per heavy atom. The van der Waals surface area contributed by atoms with Crippen molar-refractivity contribution in [3.05, 3.63) is 94.0 Å². The number of anilines is 1. The number of rotatable bonds is 7. The number of fused-ring (bicyclic) bond motifs is 1. The van der Waals surface area contributed by atoms with Crippen molar-refractivity contribution in [2.75, 3.05) is 38.2 Å². The standard InChI is InChI=1S/C33H40ClN3O3/c1-4-9-32(38)37-17-8-16-35(23-26-10-6-5-7-11-26)18-19-36(24-28-13-14-29(34)22-30(28)37)33(39)21-27-12-15-31(40-3)25(2)20-27/h5-7,10-15,20,22H,4,8-9,16-19,21,23-24H2,1-3H3. The molecule has 7 heteroatoms. The van der Waals surface area contributed by atoms with Crippen LogP contribution in [0, 0.1) is 6.92 Å². The number of ether oxygens (including phenoxy) is 1. The third-order valence-electron chi connectivity index (χ3n) is 7.42. The highest BCUT2D eigenvalue weighted by Gasteiger charge is 2.24. The van der Waals surface area contributed by atoms with E-state index in [4.69, 9.17) is 16.3 Å². The number of benzene rings is 3. The summed E-state index contributed by atoms with van der Waals surface area (Å²) >= 11 is 6.45. The first-order valence-electron chi connectivity index (χ1n) is 14.1. The van der Waals surface area contributed by atoms with Gasteiger partial charge in [-0.25, -0.2) is 0 Å². The fourth-order valence-corrected chi connectivity index (χ4v) is 5.48. The molecule has 1 aliphatic heterocycles. The first kappa shape index (κ1) is 29.6. The zero-order valence-corrected chi connectivity index (χ0v) is 24.6. The van der Waals surface area contributed by atoms with Crippen LogP contribution in [-0.2, 0) is 29.1 Å². The normalized spacial score (nSPS) is 14.8. The van der Waals surface area contributed by atoms with Gasteiger partial charge in [0.25, 0.3) is 0 Å². The summed E-state index contributed by atoms with van der Waals surface area (Å²) in [7, 11) is 1.65. The molecule has 1 aliphatic rings. The Kier molecular flexibility index (Phi) is 10.6. The molecular weight excluding hydrogens is 522 g/mol. The average molecular weight is 562 g/mol. The second kappa shape index (κ2) is 14.3. The molecule has 0 saturated carbocycles. The van der Waals surface area contributed by atoms with Gasteiger partial charge in [-0.3, -0.25) is 14.5 Å². The first-order chi connectivity index (χ1) is 19.4. The van der Waals surface area contributed by atoms with E-state index in [-0.39, 0.29) is 11.8 Å². The Morgan fingerprint density at radius 1 is 0.900 bits per heavy atom. The van der Waals surface area contributed by atoms with E-state index in [2.05, 4.69) is 29.2 Å². The molecule has 3 aromatic carbocycles. The van der Waals surface area contributed by atoms with Crippen molar-refractivity contribution in [2.24, 2.45) is 0 Å².